The molecule has 104 valence electrons. The Morgan fingerprint density at radius 1 is 1.15 bits per heavy atom. The van der Waals surface area contributed by atoms with E-state index in [2.05, 4.69) is 10.6 Å². The average Bonchev–Trinajstić information content (AvgIpc) is 2.53. The Labute approximate surface area is 118 Å². The Balaban J connectivity index is 1.98. The Kier molecular flexibility index (Phi) is 4.60. The van der Waals surface area contributed by atoms with Crippen LogP contribution in [0.5, 0.6) is 5.75 Å². The summed E-state index contributed by atoms with van der Waals surface area (Å²) in [5.41, 5.74) is 2.78. The minimum Gasteiger partial charge on any atom is -0.497 e. The Morgan fingerprint density at radius 3 is 2.55 bits per heavy atom. The van der Waals surface area contributed by atoms with Crippen molar-refractivity contribution in [3.63, 3.8) is 0 Å². The molecule has 0 aliphatic rings. The van der Waals surface area contributed by atoms with E-state index in [1.54, 1.807) is 14.2 Å². The van der Waals surface area contributed by atoms with E-state index in [0.717, 1.165) is 17.0 Å². The number of rotatable bonds is 5. The van der Waals surface area contributed by atoms with Gasteiger partial charge in [-0.15, -0.1) is 0 Å². The number of carbonyl (C=O) groups excluding carboxylic acids is 1. The van der Waals surface area contributed by atoms with Crippen LogP contribution >= 0.6 is 0 Å². The van der Waals surface area contributed by atoms with Gasteiger partial charge in [0.1, 0.15) is 5.75 Å². The lowest BCUT2D eigenvalue weighted by Crippen LogP contribution is -2.17. The molecule has 2 rings (SSSR count). The quantitative estimate of drug-likeness (QED) is 0.878. The minimum atomic E-state index is -0.0719. The van der Waals surface area contributed by atoms with Crippen LogP contribution in [0, 0.1) is 0 Å². The maximum absolute atomic E-state index is 11.4. The van der Waals surface area contributed by atoms with Gasteiger partial charge in [-0.05, 0) is 29.8 Å². The SMILES string of the molecule is CNC(=O)c1ccc(CNc2cccc(OC)c2)cc1. The van der Waals surface area contributed by atoms with E-state index >= 15 is 0 Å². The third-order valence-electron chi connectivity index (χ3n) is 3.01. The minimum absolute atomic E-state index is 0.0719. The van der Waals surface area contributed by atoms with Crippen LogP contribution in [-0.2, 0) is 6.54 Å². The number of hydrogen-bond donors (Lipinski definition) is 2. The van der Waals surface area contributed by atoms with Gasteiger partial charge in [-0.2, -0.15) is 0 Å². The van der Waals surface area contributed by atoms with E-state index in [9.17, 15) is 4.79 Å². The molecule has 0 aliphatic heterocycles. The maximum Gasteiger partial charge on any atom is 0.251 e. The smallest absolute Gasteiger partial charge is 0.251 e. The molecule has 0 atom stereocenters. The zero-order valence-electron chi connectivity index (χ0n) is 11.6. The second-order valence-corrected chi connectivity index (χ2v) is 4.36. The highest BCUT2D eigenvalue weighted by atomic mass is 16.5. The highest BCUT2D eigenvalue weighted by Gasteiger charge is 2.02. The first-order chi connectivity index (χ1) is 9.72. The fourth-order valence-corrected chi connectivity index (χ4v) is 1.86. The number of amides is 1. The zero-order chi connectivity index (χ0) is 14.4. The molecule has 0 heterocycles. The van der Waals surface area contributed by atoms with Crippen LogP contribution < -0.4 is 15.4 Å². The van der Waals surface area contributed by atoms with Crippen LogP contribution in [0.4, 0.5) is 5.69 Å². The Hall–Kier alpha value is -2.49. The third kappa shape index (κ3) is 3.51. The summed E-state index contributed by atoms with van der Waals surface area (Å²) in [4.78, 5) is 11.4. The molecule has 2 N–H and O–H groups in total. The average molecular weight is 270 g/mol. The fourth-order valence-electron chi connectivity index (χ4n) is 1.86. The molecule has 20 heavy (non-hydrogen) atoms. The summed E-state index contributed by atoms with van der Waals surface area (Å²) < 4.78 is 5.18. The van der Waals surface area contributed by atoms with E-state index in [1.165, 1.54) is 0 Å². The molecule has 0 fully saturated rings. The number of ether oxygens (including phenoxy) is 1. The predicted octanol–water partition coefficient (Wildman–Crippen LogP) is 2.67. The second-order valence-electron chi connectivity index (χ2n) is 4.36. The van der Waals surface area contributed by atoms with E-state index in [4.69, 9.17) is 4.74 Å². The van der Waals surface area contributed by atoms with Crippen molar-refractivity contribution in [1.29, 1.82) is 0 Å². The molecule has 0 saturated carbocycles. The molecule has 0 bridgehead atoms. The van der Waals surface area contributed by atoms with E-state index in [0.29, 0.717) is 12.1 Å². The van der Waals surface area contributed by atoms with Gasteiger partial charge in [-0.3, -0.25) is 4.79 Å². The van der Waals surface area contributed by atoms with Crippen molar-refractivity contribution in [2.24, 2.45) is 0 Å². The van der Waals surface area contributed by atoms with Gasteiger partial charge in [0, 0.05) is 30.9 Å². The highest BCUT2D eigenvalue weighted by Crippen LogP contribution is 2.17. The zero-order valence-corrected chi connectivity index (χ0v) is 11.6. The van der Waals surface area contributed by atoms with Gasteiger partial charge in [-0.25, -0.2) is 0 Å². The van der Waals surface area contributed by atoms with Gasteiger partial charge >= 0.3 is 0 Å². The summed E-state index contributed by atoms with van der Waals surface area (Å²) >= 11 is 0. The maximum atomic E-state index is 11.4. The first kappa shape index (κ1) is 13.9. The number of benzene rings is 2. The Bertz CT molecular complexity index is 579. The van der Waals surface area contributed by atoms with Crippen molar-refractivity contribution < 1.29 is 9.53 Å². The molecule has 4 nitrogen and oxygen atoms in total. The number of methoxy groups -OCH3 is 1. The van der Waals surface area contributed by atoms with Crippen molar-refractivity contribution in [3.05, 3.63) is 59.7 Å². The number of carbonyl (C=O) groups is 1. The number of hydrogen-bond acceptors (Lipinski definition) is 3. The molecule has 0 unspecified atom stereocenters. The van der Waals surface area contributed by atoms with Gasteiger partial charge in [0.05, 0.1) is 7.11 Å². The topological polar surface area (TPSA) is 50.4 Å². The molecule has 0 aliphatic carbocycles. The summed E-state index contributed by atoms with van der Waals surface area (Å²) in [7, 11) is 3.28. The van der Waals surface area contributed by atoms with Crippen molar-refractivity contribution >= 4 is 11.6 Å². The predicted molar refractivity (Wildman–Crippen MR) is 80.2 cm³/mol. The molecule has 0 aromatic heterocycles. The van der Waals surface area contributed by atoms with E-state index in [1.807, 2.05) is 48.5 Å². The summed E-state index contributed by atoms with van der Waals surface area (Å²) in [6.07, 6.45) is 0. The van der Waals surface area contributed by atoms with Crippen LogP contribution in [-0.4, -0.2) is 20.1 Å². The van der Waals surface area contributed by atoms with Crippen molar-refractivity contribution in [1.82, 2.24) is 5.32 Å². The lowest BCUT2D eigenvalue weighted by molar-refractivity contribution is 0.0963. The molecule has 2 aromatic carbocycles. The van der Waals surface area contributed by atoms with E-state index < -0.39 is 0 Å². The van der Waals surface area contributed by atoms with Gasteiger partial charge < -0.3 is 15.4 Å². The van der Waals surface area contributed by atoms with E-state index in [-0.39, 0.29) is 5.91 Å². The first-order valence-electron chi connectivity index (χ1n) is 6.42. The first-order valence-corrected chi connectivity index (χ1v) is 6.42. The summed E-state index contributed by atoms with van der Waals surface area (Å²) in [5, 5.41) is 5.92. The van der Waals surface area contributed by atoms with Crippen LogP contribution in [0.3, 0.4) is 0 Å². The van der Waals surface area contributed by atoms with Gasteiger partial charge in [0.2, 0.25) is 0 Å². The molecule has 2 aromatic rings. The van der Waals surface area contributed by atoms with Crippen molar-refractivity contribution in [2.45, 2.75) is 6.54 Å². The lowest BCUT2D eigenvalue weighted by atomic mass is 10.1. The fraction of sp³-hybridized carbons (Fsp3) is 0.188. The standard InChI is InChI=1S/C16H18N2O2/c1-17-16(19)13-8-6-12(7-9-13)11-18-14-4-3-5-15(10-14)20-2/h3-10,18H,11H2,1-2H3,(H,17,19). The highest BCUT2D eigenvalue weighted by molar-refractivity contribution is 5.93. The molecule has 1 amide bonds. The normalized spacial score (nSPS) is 9.90. The number of nitrogens with one attached hydrogen (secondary N) is 2. The van der Waals surface area contributed by atoms with Crippen LogP contribution in [0.25, 0.3) is 0 Å². The number of anilines is 1. The lowest BCUT2D eigenvalue weighted by Gasteiger charge is -2.08. The largest absolute Gasteiger partial charge is 0.497 e. The van der Waals surface area contributed by atoms with Crippen LogP contribution in [0.1, 0.15) is 15.9 Å². The summed E-state index contributed by atoms with van der Waals surface area (Å²) in [6, 6.07) is 15.3. The summed E-state index contributed by atoms with van der Waals surface area (Å²) in [6.45, 7) is 0.696. The molecule has 0 radical (unpaired) electrons. The third-order valence-corrected chi connectivity index (χ3v) is 3.01. The van der Waals surface area contributed by atoms with Gasteiger partial charge in [0.25, 0.3) is 5.91 Å². The molecule has 0 spiro atoms. The second kappa shape index (κ2) is 6.61. The summed E-state index contributed by atoms with van der Waals surface area (Å²) in [5.74, 6) is 0.752. The molecular weight excluding hydrogens is 252 g/mol. The monoisotopic (exact) mass is 270 g/mol. The Morgan fingerprint density at radius 2 is 1.90 bits per heavy atom. The van der Waals surface area contributed by atoms with Crippen LogP contribution in [0.15, 0.2) is 48.5 Å². The van der Waals surface area contributed by atoms with Crippen LogP contribution in [0.2, 0.25) is 0 Å². The molecule has 0 saturated heterocycles. The van der Waals surface area contributed by atoms with Gasteiger partial charge in [-0.1, -0.05) is 18.2 Å². The van der Waals surface area contributed by atoms with Gasteiger partial charge in [0.15, 0.2) is 0 Å². The molecule has 4 heteroatoms. The molecular formula is C16H18N2O2. The van der Waals surface area contributed by atoms with Crippen molar-refractivity contribution in [2.75, 3.05) is 19.5 Å². The van der Waals surface area contributed by atoms with Crippen molar-refractivity contribution in [3.8, 4) is 5.75 Å².